The summed E-state index contributed by atoms with van der Waals surface area (Å²) in [6, 6.07) is 5.51. The summed E-state index contributed by atoms with van der Waals surface area (Å²) in [7, 11) is 0. The largest absolute Gasteiger partial charge is 0.493 e. The highest BCUT2D eigenvalue weighted by Gasteiger charge is 2.43. The lowest BCUT2D eigenvalue weighted by atomic mass is 9.90. The molecular weight excluding hydrogens is 447 g/mol. The average Bonchev–Trinajstić information content (AvgIpc) is 3.44. The van der Waals surface area contributed by atoms with Crippen LogP contribution in [0.2, 0.25) is 0 Å². The van der Waals surface area contributed by atoms with Crippen LogP contribution in [0.5, 0.6) is 5.75 Å². The van der Waals surface area contributed by atoms with Crippen LogP contribution < -0.4 is 9.64 Å². The Morgan fingerprint density at radius 3 is 2.63 bits per heavy atom. The molecule has 1 aromatic carbocycles. The number of hydrogen-bond donors (Lipinski definition) is 0. The quantitative estimate of drug-likeness (QED) is 0.442. The van der Waals surface area contributed by atoms with Crippen LogP contribution >= 0.6 is 0 Å². The van der Waals surface area contributed by atoms with Crippen molar-refractivity contribution in [1.29, 1.82) is 0 Å². The Kier molecular flexibility index (Phi) is 8.29. The smallest absolute Gasteiger partial charge is 0.324 e. The number of amides is 1. The van der Waals surface area contributed by atoms with E-state index in [9.17, 15) is 9.18 Å². The molecule has 1 saturated carbocycles. The fourth-order valence-electron chi connectivity index (χ4n) is 5.23. The number of hydrogen-bond acceptors (Lipinski definition) is 6. The predicted molar refractivity (Wildman–Crippen MR) is 133 cm³/mol. The second-order valence-electron chi connectivity index (χ2n) is 10.2. The molecule has 1 aromatic heterocycles. The topological polar surface area (TPSA) is 71.7 Å². The maximum Gasteiger partial charge on any atom is 0.324 e. The summed E-state index contributed by atoms with van der Waals surface area (Å²) in [5, 5.41) is 4.08. The van der Waals surface area contributed by atoms with Gasteiger partial charge < -0.3 is 19.1 Å². The molecule has 0 radical (unpaired) electrons. The molecule has 2 aliphatic rings. The van der Waals surface area contributed by atoms with E-state index in [4.69, 9.17) is 9.26 Å². The van der Waals surface area contributed by atoms with E-state index in [0.29, 0.717) is 42.9 Å². The Hall–Kier alpha value is -2.64. The first-order valence-electron chi connectivity index (χ1n) is 13.2. The van der Waals surface area contributed by atoms with Gasteiger partial charge in [-0.1, -0.05) is 25.1 Å². The van der Waals surface area contributed by atoms with Crippen molar-refractivity contribution in [2.75, 3.05) is 37.7 Å². The summed E-state index contributed by atoms with van der Waals surface area (Å²) >= 11 is 0. The molecule has 7 nitrogen and oxygen atoms in total. The second-order valence-corrected chi connectivity index (χ2v) is 10.2. The van der Waals surface area contributed by atoms with Crippen LogP contribution in [0.15, 0.2) is 22.7 Å². The number of aromatic nitrogens is 2. The van der Waals surface area contributed by atoms with Crippen molar-refractivity contribution >= 4 is 11.9 Å². The summed E-state index contributed by atoms with van der Waals surface area (Å²) < 4.78 is 25.8. The summed E-state index contributed by atoms with van der Waals surface area (Å²) in [5.41, 5.74) is 0.420. The minimum Gasteiger partial charge on any atom is -0.493 e. The van der Waals surface area contributed by atoms with Gasteiger partial charge in [-0.25, -0.2) is 4.39 Å². The first-order chi connectivity index (χ1) is 16.9. The zero-order chi connectivity index (χ0) is 24.9. The van der Waals surface area contributed by atoms with Gasteiger partial charge in [-0.15, -0.1) is 0 Å². The summed E-state index contributed by atoms with van der Waals surface area (Å²) in [4.78, 5) is 20.7. The van der Waals surface area contributed by atoms with Gasteiger partial charge in [0.25, 0.3) is 0 Å². The molecule has 2 heterocycles. The molecule has 35 heavy (non-hydrogen) atoms. The van der Waals surface area contributed by atoms with Gasteiger partial charge in [0.1, 0.15) is 11.6 Å². The molecule has 1 amide bonds. The maximum absolute atomic E-state index is 14.5. The van der Waals surface area contributed by atoms with E-state index in [1.54, 1.807) is 17.0 Å². The summed E-state index contributed by atoms with van der Waals surface area (Å²) in [6.45, 7) is 11.8. The highest BCUT2D eigenvalue weighted by atomic mass is 19.1. The fourth-order valence-corrected chi connectivity index (χ4v) is 5.23. The number of anilines is 1. The van der Waals surface area contributed by atoms with E-state index >= 15 is 0 Å². The normalized spacial score (nSPS) is 20.3. The third-order valence-corrected chi connectivity index (χ3v) is 7.58. The zero-order valence-electron chi connectivity index (χ0n) is 21.5. The van der Waals surface area contributed by atoms with E-state index in [-0.39, 0.29) is 24.1 Å². The molecule has 8 heteroatoms. The first kappa shape index (κ1) is 25.5. The van der Waals surface area contributed by atoms with Crippen LogP contribution in [0, 0.1) is 23.6 Å². The molecule has 1 aliphatic carbocycles. The molecule has 2 unspecified atom stereocenters. The van der Waals surface area contributed by atoms with Crippen LogP contribution in [0.1, 0.15) is 70.7 Å². The lowest BCUT2D eigenvalue weighted by molar-refractivity contribution is -0.130. The van der Waals surface area contributed by atoms with Gasteiger partial charge in [0.05, 0.1) is 13.0 Å². The summed E-state index contributed by atoms with van der Waals surface area (Å²) in [5.74, 6) is 3.35. The predicted octanol–water partition coefficient (Wildman–Crippen LogP) is 5.06. The molecule has 2 fully saturated rings. The Balaban J connectivity index is 1.17. The number of nitrogens with zero attached hydrogens (tertiary/aromatic N) is 4. The van der Waals surface area contributed by atoms with E-state index in [2.05, 4.69) is 28.9 Å². The Morgan fingerprint density at radius 1 is 1.26 bits per heavy atom. The molecular formula is C27H39FN4O3. The monoisotopic (exact) mass is 486 g/mol. The minimum absolute atomic E-state index is 0.0504. The van der Waals surface area contributed by atoms with Crippen molar-refractivity contribution < 1.29 is 18.4 Å². The lowest BCUT2D eigenvalue weighted by Crippen LogP contribution is -2.34. The molecule has 0 N–H and O–H groups in total. The van der Waals surface area contributed by atoms with Gasteiger partial charge in [-0.2, -0.15) is 4.98 Å². The van der Waals surface area contributed by atoms with Crippen molar-refractivity contribution in [2.45, 2.75) is 65.7 Å². The van der Waals surface area contributed by atoms with Gasteiger partial charge in [0, 0.05) is 38.2 Å². The van der Waals surface area contributed by atoms with Gasteiger partial charge in [0.2, 0.25) is 5.91 Å². The van der Waals surface area contributed by atoms with Crippen molar-refractivity contribution in [1.82, 2.24) is 15.0 Å². The van der Waals surface area contributed by atoms with Crippen LogP contribution in [0.25, 0.3) is 0 Å². The van der Waals surface area contributed by atoms with Gasteiger partial charge in [-0.05, 0) is 68.9 Å². The zero-order valence-corrected chi connectivity index (χ0v) is 21.5. The fraction of sp³-hybridized carbons (Fsp3) is 0.667. The number of likely N-dealkylation sites (N-methyl/N-ethyl adjacent to an activating group) is 1. The van der Waals surface area contributed by atoms with E-state index < -0.39 is 0 Å². The molecule has 2 aromatic rings. The minimum atomic E-state index is -0.374. The van der Waals surface area contributed by atoms with Crippen molar-refractivity contribution in [3.8, 4) is 5.75 Å². The van der Waals surface area contributed by atoms with Gasteiger partial charge in [0.15, 0.2) is 5.82 Å². The molecule has 2 atom stereocenters. The van der Waals surface area contributed by atoms with Crippen LogP contribution in [-0.2, 0) is 11.2 Å². The molecule has 192 valence electrons. The standard InChI is InChI=1S/C27H39FN4O3/c1-5-31(6-2)25(33)16-21-7-8-22(17-24(21)28)34-14-11-20-15-23(20)19-9-12-32(13-10-19)27-29-26(18(3)4)30-35-27/h7-8,17-20,23H,5-6,9-16H2,1-4H3. The van der Waals surface area contributed by atoms with E-state index in [1.165, 1.54) is 12.5 Å². The van der Waals surface area contributed by atoms with Crippen LogP contribution in [0.4, 0.5) is 10.4 Å². The number of halogens is 1. The SMILES string of the molecule is CCN(CC)C(=O)Cc1ccc(OCCC2CC2C2CCN(c3nc(C(C)C)no3)CC2)cc1F. The Labute approximate surface area is 208 Å². The highest BCUT2D eigenvalue weighted by Crippen LogP contribution is 2.50. The average molecular weight is 487 g/mol. The maximum atomic E-state index is 14.5. The number of ether oxygens (including phenoxy) is 1. The van der Waals surface area contributed by atoms with Crippen LogP contribution in [0.3, 0.4) is 0 Å². The van der Waals surface area contributed by atoms with Gasteiger partial charge in [-0.3, -0.25) is 4.79 Å². The third-order valence-electron chi connectivity index (χ3n) is 7.58. The van der Waals surface area contributed by atoms with Crippen molar-refractivity contribution in [2.24, 2.45) is 17.8 Å². The van der Waals surface area contributed by atoms with Gasteiger partial charge >= 0.3 is 6.01 Å². The van der Waals surface area contributed by atoms with Crippen LogP contribution in [-0.4, -0.2) is 53.7 Å². The number of benzene rings is 1. The summed E-state index contributed by atoms with van der Waals surface area (Å²) in [6.07, 6.45) is 4.64. The number of rotatable bonds is 11. The molecule has 4 rings (SSSR count). The van der Waals surface area contributed by atoms with Crippen molar-refractivity contribution in [3.05, 3.63) is 35.4 Å². The second kappa shape index (κ2) is 11.4. The lowest BCUT2D eigenvalue weighted by Gasteiger charge is -2.30. The third kappa shape index (κ3) is 6.33. The van der Waals surface area contributed by atoms with E-state index in [1.807, 2.05) is 13.8 Å². The molecule has 1 saturated heterocycles. The number of carbonyl (C=O) groups excluding carboxylic acids is 1. The molecule has 0 spiro atoms. The van der Waals surface area contributed by atoms with Crippen molar-refractivity contribution in [3.63, 3.8) is 0 Å². The highest BCUT2D eigenvalue weighted by molar-refractivity contribution is 5.78. The Bertz CT molecular complexity index is 983. The number of piperidine rings is 1. The molecule has 0 bridgehead atoms. The first-order valence-corrected chi connectivity index (χ1v) is 13.2. The Morgan fingerprint density at radius 2 is 2.00 bits per heavy atom. The van der Waals surface area contributed by atoms with E-state index in [0.717, 1.165) is 50.0 Å². The number of carbonyl (C=O) groups is 1. The molecule has 1 aliphatic heterocycles.